The van der Waals surface area contributed by atoms with Crippen LogP contribution in [0.2, 0.25) is 0 Å². The van der Waals surface area contributed by atoms with E-state index in [4.69, 9.17) is 10.9 Å². The summed E-state index contributed by atoms with van der Waals surface area (Å²) in [6, 6.07) is 0. The maximum atomic E-state index is 11.7. The summed E-state index contributed by atoms with van der Waals surface area (Å²) in [5, 5.41) is 14.1. The van der Waals surface area contributed by atoms with Crippen LogP contribution in [0.3, 0.4) is 0 Å². The lowest BCUT2D eigenvalue weighted by Gasteiger charge is -2.28. The van der Waals surface area contributed by atoms with Crippen LogP contribution in [-0.2, 0) is 4.79 Å². The fourth-order valence-corrected chi connectivity index (χ4v) is 1.61. The van der Waals surface area contributed by atoms with Crippen molar-refractivity contribution in [2.24, 2.45) is 22.2 Å². The molecule has 0 aliphatic carbocycles. The number of oxime groups is 1. The van der Waals surface area contributed by atoms with Crippen LogP contribution in [0.4, 0.5) is 0 Å². The van der Waals surface area contributed by atoms with E-state index in [1.165, 1.54) is 0 Å². The first kappa shape index (κ1) is 15.7. The Balaban J connectivity index is 4.24. The molecular formula is C11H24N4O2. The molecule has 0 fully saturated rings. The molecule has 0 aromatic heterocycles. The van der Waals surface area contributed by atoms with E-state index in [0.717, 1.165) is 6.54 Å². The number of hydrogen-bond acceptors (Lipinski definition) is 4. The van der Waals surface area contributed by atoms with E-state index >= 15 is 0 Å². The molecule has 0 aliphatic rings. The molecule has 0 bridgehead atoms. The number of nitrogens with one attached hydrogen (secondary N) is 1. The van der Waals surface area contributed by atoms with Gasteiger partial charge in [0.2, 0.25) is 5.91 Å². The summed E-state index contributed by atoms with van der Waals surface area (Å²) in [5.41, 5.74) is 5.34. The van der Waals surface area contributed by atoms with Gasteiger partial charge in [-0.2, -0.15) is 0 Å². The zero-order valence-electron chi connectivity index (χ0n) is 11.3. The van der Waals surface area contributed by atoms with Crippen LogP contribution in [0.1, 0.15) is 20.8 Å². The highest BCUT2D eigenvalue weighted by molar-refractivity contribution is 6.01. The summed E-state index contributed by atoms with van der Waals surface area (Å²) in [4.78, 5) is 13.7. The van der Waals surface area contributed by atoms with Crippen LogP contribution >= 0.6 is 0 Å². The Morgan fingerprint density at radius 1 is 1.53 bits per heavy atom. The number of hydrogen-bond donors (Lipinski definition) is 3. The fraction of sp³-hybridized carbons (Fsp3) is 0.818. The number of carbonyl (C=O) groups excluding carboxylic acids is 1. The average molecular weight is 244 g/mol. The molecule has 17 heavy (non-hydrogen) atoms. The Labute approximate surface area is 103 Å². The van der Waals surface area contributed by atoms with E-state index in [1.54, 1.807) is 6.92 Å². The summed E-state index contributed by atoms with van der Waals surface area (Å²) >= 11 is 0. The molecule has 4 N–H and O–H groups in total. The summed E-state index contributed by atoms with van der Waals surface area (Å²) in [6.45, 7) is 7.16. The highest BCUT2D eigenvalue weighted by atomic mass is 16.4. The van der Waals surface area contributed by atoms with E-state index in [-0.39, 0.29) is 17.2 Å². The summed E-state index contributed by atoms with van der Waals surface area (Å²) in [5.74, 6) is -0.921. The molecule has 1 atom stereocenters. The summed E-state index contributed by atoms with van der Waals surface area (Å²) < 4.78 is 0. The van der Waals surface area contributed by atoms with Crippen LogP contribution in [0, 0.1) is 11.3 Å². The lowest BCUT2D eigenvalue weighted by Crippen LogP contribution is -2.44. The van der Waals surface area contributed by atoms with Crippen molar-refractivity contribution in [3.8, 4) is 0 Å². The molecular weight excluding hydrogens is 220 g/mol. The molecule has 0 saturated heterocycles. The second kappa shape index (κ2) is 6.44. The first-order valence-electron chi connectivity index (χ1n) is 5.59. The van der Waals surface area contributed by atoms with E-state index < -0.39 is 5.92 Å². The van der Waals surface area contributed by atoms with Gasteiger partial charge in [0.05, 0.1) is 5.92 Å². The van der Waals surface area contributed by atoms with Gasteiger partial charge in [-0.05, 0) is 26.4 Å². The van der Waals surface area contributed by atoms with E-state index in [0.29, 0.717) is 6.54 Å². The molecule has 1 amide bonds. The van der Waals surface area contributed by atoms with Crippen LogP contribution in [-0.4, -0.2) is 49.0 Å². The van der Waals surface area contributed by atoms with Gasteiger partial charge in [0.15, 0.2) is 5.84 Å². The third-order valence-corrected chi connectivity index (χ3v) is 2.44. The molecule has 0 rings (SSSR count). The molecule has 1 unspecified atom stereocenters. The van der Waals surface area contributed by atoms with Gasteiger partial charge in [0.1, 0.15) is 0 Å². The van der Waals surface area contributed by atoms with Crippen molar-refractivity contribution in [1.82, 2.24) is 10.2 Å². The lowest BCUT2D eigenvalue weighted by atomic mass is 9.92. The fourth-order valence-electron chi connectivity index (χ4n) is 1.61. The van der Waals surface area contributed by atoms with Gasteiger partial charge in [0, 0.05) is 13.1 Å². The van der Waals surface area contributed by atoms with E-state index in [9.17, 15) is 4.79 Å². The first-order chi connectivity index (χ1) is 7.69. The van der Waals surface area contributed by atoms with Gasteiger partial charge < -0.3 is 21.2 Å². The zero-order valence-corrected chi connectivity index (χ0v) is 11.3. The molecule has 0 heterocycles. The zero-order chi connectivity index (χ0) is 13.6. The smallest absolute Gasteiger partial charge is 0.230 e. The Hall–Kier alpha value is -1.30. The Bertz CT molecular complexity index is 287. The van der Waals surface area contributed by atoms with Crippen molar-refractivity contribution in [3.05, 3.63) is 0 Å². The van der Waals surface area contributed by atoms with Crippen LogP contribution in [0.15, 0.2) is 5.16 Å². The van der Waals surface area contributed by atoms with Crippen molar-refractivity contribution in [2.45, 2.75) is 20.8 Å². The van der Waals surface area contributed by atoms with Crippen molar-refractivity contribution < 1.29 is 10.0 Å². The quantitative estimate of drug-likeness (QED) is 0.267. The van der Waals surface area contributed by atoms with Gasteiger partial charge in [-0.15, -0.1) is 0 Å². The maximum absolute atomic E-state index is 11.7. The van der Waals surface area contributed by atoms with Crippen molar-refractivity contribution >= 4 is 11.7 Å². The van der Waals surface area contributed by atoms with Crippen molar-refractivity contribution in [2.75, 3.05) is 27.2 Å². The lowest BCUT2D eigenvalue weighted by molar-refractivity contribution is -0.123. The largest absolute Gasteiger partial charge is 0.409 e. The van der Waals surface area contributed by atoms with Crippen molar-refractivity contribution in [1.29, 1.82) is 0 Å². The topological polar surface area (TPSA) is 91.0 Å². The predicted octanol–water partition coefficient (Wildman–Crippen LogP) is 0.0729. The van der Waals surface area contributed by atoms with E-state index in [2.05, 4.69) is 29.2 Å². The number of carbonyl (C=O) groups is 1. The van der Waals surface area contributed by atoms with Gasteiger partial charge in [-0.1, -0.05) is 19.0 Å². The molecule has 6 heteroatoms. The first-order valence-corrected chi connectivity index (χ1v) is 5.59. The number of nitrogens with zero attached hydrogens (tertiary/aromatic N) is 2. The number of amidine groups is 1. The molecule has 6 nitrogen and oxygen atoms in total. The van der Waals surface area contributed by atoms with Crippen LogP contribution in [0.5, 0.6) is 0 Å². The number of nitrogens with two attached hydrogens (primary N) is 1. The summed E-state index contributed by atoms with van der Waals surface area (Å²) in [6.07, 6.45) is 0. The third kappa shape index (κ3) is 6.11. The number of amides is 1. The second-order valence-electron chi connectivity index (χ2n) is 5.37. The Kier molecular flexibility index (Phi) is 5.95. The monoisotopic (exact) mass is 244 g/mol. The molecule has 100 valence electrons. The molecule has 0 spiro atoms. The molecule has 0 saturated carbocycles. The highest BCUT2D eigenvalue weighted by Crippen LogP contribution is 2.14. The average Bonchev–Trinajstić information content (AvgIpc) is 2.22. The SMILES string of the molecule is CC(C(=O)NCC(C)(C)CN(C)C)C(N)=NO. The van der Waals surface area contributed by atoms with Gasteiger partial charge in [-0.3, -0.25) is 4.79 Å². The maximum Gasteiger partial charge on any atom is 0.230 e. The minimum Gasteiger partial charge on any atom is -0.409 e. The third-order valence-electron chi connectivity index (χ3n) is 2.44. The van der Waals surface area contributed by atoms with E-state index in [1.807, 2.05) is 14.1 Å². The predicted molar refractivity (Wildman–Crippen MR) is 67.9 cm³/mol. The van der Waals surface area contributed by atoms with Crippen LogP contribution in [0.25, 0.3) is 0 Å². The second-order valence-corrected chi connectivity index (χ2v) is 5.37. The molecule has 0 radical (unpaired) electrons. The Morgan fingerprint density at radius 2 is 2.06 bits per heavy atom. The summed E-state index contributed by atoms with van der Waals surface area (Å²) in [7, 11) is 3.98. The minimum atomic E-state index is -0.616. The van der Waals surface area contributed by atoms with Gasteiger partial charge >= 0.3 is 0 Å². The van der Waals surface area contributed by atoms with Gasteiger partial charge in [0.25, 0.3) is 0 Å². The standard InChI is InChI=1S/C11H24N4O2/c1-8(9(12)14-17)10(16)13-6-11(2,3)7-15(4)5/h8,17H,6-7H2,1-5H3,(H2,12,14)(H,13,16). The molecule has 0 aromatic carbocycles. The molecule has 0 aromatic rings. The minimum absolute atomic E-state index is 0.0238. The molecule has 0 aliphatic heterocycles. The Morgan fingerprint density at radius 3 is 2.47 bits per heavy atom. The van der Waals surface area contributed by atoms with Gasteiger partial charge in [-0.25, -0.2) is 0 Å². The number of rotatable bonds is 6. The van der Waals surface area contributed by atoms with Crippen molar-refractivity contribution in [3.63, 3.8) is 0 Å². The van der Waals surface area contributed by atoms with Crippen LogP contribution < -0.4 is 11.1 Å². The normalized spacial score (nSPS) is 14.8. The highest BCUT2D eigenvalue weighted by Gasteiger charge is 2.23.